The molecule has 0 aliphatic carbocycles. The van der Waals surface area contributed by atoms with Gasteiger partial charge >= 0.3 is 0 Å². The zero-order valence-electron chi connectivity index (χ0n) is 12.1. The van der Waals surface area contributed by atoms with Gasteiger partial charge in [0, 0.05) is 49.2 Å². The van der Waals surface area contributed by atoms with Crippen molar-refractivity contribution in [2.45, 2.75) is 6.42 Å². The molecule has 1 fully saturated rings. The van der Waals surface area contributed by atoms with Gasteiger partial charge in [-0.15, -0.1) is 11.3 Å². The Morgan fingerprint density at radius 3 is 2.68 bits per heavy atom. The average Bonchev–Trinajstić information content (AvgIpc) is 2.90. The van der Waals surface area contributed by atoms with E-state index in [1.165, 1.54) is 11.3 Å². The third kappa shape index (κ3) is 2.95. The predicted octanol–water partition coefficient (Wildman–Crippen LogP) is 3.23. The molecule has 0 atom stereocenters. The van der Waals surface area contributed by atoms with Crippen molar-refractivity contribution in [1.29, 1.82) is 5.26 Å². The Kier molecular flexibility index (Phi) is 4.63. The molecule has 114 valence electrons. The number of amides is 1. The van der Waals surface area contributed by atoms with Crippen LogP contribution in [0.5, 0.6) is 0 Å². The molecule has 22 heavy (non-hydrogen) atoms. The Morgan fingerprint density at radius 2 is 2.00 bits per heavy atom. The van der Waals surface area contributed by atoms with Gasteiger partial charge in [-0.25, -0.2) is 0 Å². The van der Waals surface area contributed by atoms with Crippen molar-refractivity contribution in [1.82, 2.24) is 9.80 Å². The number of nitrogens with zero attached hydrogens (tertiary/aromatic N) is 3. The van der Waals surface area contributed by atoms with Crippen LogP contribution in [0.4, 0.5) is 0 Å². The summed E-state index contributed by atoms with van der Waals surface area (Å²) in [5.74, 6) is 0.0196. The molecule has 0 saturated carbocycles. The van der Waals surface area contributed by atoms with E-state index in [0.717, 1.165) is 29.7 Å². The molecule has 1 aromatic carbocycles. The van der Waals surface area contributed by atoms with E-state index in [2.05, 4.69) is 11.0 Å². The van der Waals surface area contributed by atoms with Gasteiger partial charge in [0.1, 0.15) is 4.88 Å². The molecule has 1 amide bonds. The number of benzene rings is 1. The van der Waals surface area contributed by atoms with Gasteiger partial charge in [-0.05, 0) is 6.07 Å². The van der Waals surface area contributed by atoms with Gasteiger partial charge < -0.3 is 4.90 Å². The molecule has 0 N–H and O–H groups in total. The molecular formula is C16H16ClN3OS. The number of carbonyl (C=O) groups excluding carboxylic acids is 1. The first-order chi connectivity index (χ1) is 10.7. The van der Waals surface area contributed by atoms with Gasteiger partial charge in [0.25, 0.3) is 5.91 Å². The number of piperazine rings is 1. The first-order valence-electron chi connectivity index (χ1n) is 7.26. The number of fused-ring (bicyclic) bond motifs is 1. The summed E-state index contributed by atoms with van der Waals surface area (Å²) in [6, 6.07) is 9.99. The SMILES string of the molecule is N#CCCN1CCN(C(=O)c2sc3ccccc3c2Cl)CC1. The second-order valence-electron chi connectivity index (χ2n) is 5.28. The summed E-state index contributed by atoms with van der Waals surface area (Å²) in [5.41, 5.74) is 0. The van der Waals surface area contributed by atoms with Crippen molar-refractivity contribution in [3.05, 3.63) is 34.2 Å². The Balaban J connectivity index is 1.72. The molecule has 3 rings (SSSR count). The summed E-state index contributed by atoms with van der Waals surface area (Å²) in [6.07, 6.45) is 0.538. The lowest BCUT2D eigenvalue weighted by Gasteiger charge is -2.34. The number of carbonyl (C=O) groups is 1. The summed E-state index contributed by atoms with van der Waals surface area (Å²) in [4.78, 5) is 17.4. The highest BCUT2D eigenvalue weighted by Gasteiger charge is 2.25. The van der Waals surface area contributed by atoms with Crippen LogP contribution >= 0.6 is 22.9 Å². The van der Waals surface area contributed by atoms with Crippen LogP contribution < -0.4 is 0 Å². The molecule has 6 heteroatoms. The Hall–Kier alpha value is -1.61. The highest BCUT2D eigenvalue weighted by molar-refractivity contribution is 7.21. The molecule has 1 saturated heterocycles. The maximum Gasteiger partial charge on any atom is 0.265 e. The van der Waals surface area contributed by atoms with Gasteiger partial charge in [0.15, 0.2) is 0 Å². The highest BCUT2D eigenvalue weighted by atomic mass is 35.5. The van der Waals surface area contributed by atoms with Crippen molar-refractivity contribution < 1.29 is 4.79 Å². The number of hydrogen-bond acceptors (Lipinski definition) is 4. The number of halogens is 1. The Labute approximate surface area is 138 Å². The minimum Gasteiger partial charge on any atom is -0.335 e. The van der Waals surface area contributed by atoms with E-state index in [4.69, 9.17) is 16.9 Å². The van der Waals surface area contributed by atoms with Crippen molar-refractivity contribution in [3.8, 4) is 6.07 Å². The zero-order valence-corrected chi connectivity index (χ0v) is 13.7. The fourth-order valence-corrected chi connectivity index (χ4v) is 4.16. The van der Waals surface area contributed by atoms with Gasteiger partial charge in [-0.1, -0.05) is 29.8 Å². The van der Waals surface area contributed by atoms with Crippen LogP contribution in [0.25, 0.3) is 10.1 Å². The fourth-order valence-electron chi connectivity index (χ4n) is 2.68. The van der Waals surface area contributed by atoms with E-state index in [1.54, 1.807) is 0 Å². The van der Waals surface area contributed by atoms with Crippen molar-refractivity contribution in [2.24, 2.45) is 0 Å². The number of thiophene rings is 1. The highest BCUT2D eigenvalue weighted by Crippen LogP contribution is 2.35. The third-order valence-electron chi connectivity index (χ3n) is 3.93. The molecule has 1 aromatic heterocycles. The molecule has 1 aliphatic rings. The molecule has 2 aromatic rings. The van der Waals surface area contributed by atoms with Gasteiger partial charge in [-0.2, -0.15) is 5.26 Å². The topological polar surface area (TPSA) is 47.3 Å². The molecule has 1 aliphatic heterocycles. The fraction of sp³-hybridized carbons (Fsp3) is 0.375. The summed E-state index contributed by atoms with van der Waals surface area (Å²) in [5, 5.41) is 10.1. The summed E-state index contributed by atoms with van der Waals surface area (Å²) >= 11 is 7.85. The zero-order chi connectivity index (χ0) is 15.5. The third-order valence-corrected chi connectivity index (χ3v) is 5.59. The lowest BCUT2D eigenvalue weighted by molar-refractivity contribution is 0.0645. The van der Waals surface area contributed by atoms with Crippen molar-refractivity contribution >= 4 is 38.9 Å². The second-order valence-corrected chi connectivity index (χ2v) is 6.71. The average molecular weight is 334 g/mol. The van der Waals surface area contributed by atoms with E-state index >= 15 is 0 Å². The lowest BCUT2D eigenvalue weighted by atomic mass is 10.2. The number of rotatable bonds is 3. The minimum atomic E-state index is 0.0196. The minimum absolute atomic E-state index is 0.0196. The van der Waals surface area contributed by atoms with Crippen LogP contribution in [-0.2, 0) is 0 Å². The first-order valence-corrected chi connectivity index (χ1v) is 8.46. The van der Waals surface area contributed by atoms with E-state index in [9.17, 15) is 4.79 Å². The first kappa shape index (κ1) is 15.3. The number of hydrogen-bond donors (Lipinski definition) is 0. The molecule has 0 spiro atoms. The van der Waals surface area contributed by atoms with Crippen molar-refractivity contribution in [2.75, 3.05) is 32.7 Å². The molecule has 4 nitrogen and oxygen atoms in total. The van der Waals surface area contributed by atoms with E-state index < -0.39 is 0 Å². The van der Waals surface area contributed by atoms with Gasteiger partial charge in [-0.3, -0.25) is 9.69 Å². The van der Waals surface area contributed by atoms with Crippen LogP contribution in [0.2, 0.25) is 5.02 Å². The standard InChI is InChI=1S/C16H16ClN3OS/c17-14-12-4-1-2-5-13(12)22-15(14)16(21)20-10-8-19(9-11-20)7-3-6-18/h1-2,4-5H,3,7-11H2. The maximum atomic E-state index is 12.7. The quantitative estimate of drug-likeness (QED) is 0.866. The smallest absolute Gasteiger partial charge is 0.265 e. The number of nitriles is 1. The van der Waals surface area contributed by atoms with Gasteiger partial charge in [0.2, 0.25) is 0 Å². The van der Waals surface area contributed by atoms with Crippen LogP contribution in [0.3, 0.4) is 0 Å². The van der Waals surface area contributed by atoms with Crippen LogP contribution in [-0.4, -0.2) is 48.4 Å². The predicted molar refractivity (Wildman–Crippen MR) is 89.4 cm³/mol. The van der Waals surface area contributed by atoms with E-state index in [1.807, 2.05) is 29.2 Å². The second kappa shape index (κ2) is 6.66. The van der Waals surface area contributed by atoms with Crippen molar-refractivity contribution in [3.63, 3.8) is 0 Å². The van der Waals surface area contributed by atoms with Gasteiger partial charge in [0.05, 0.1) is 11.1 Å². The van der Waals surface area contributed by atoms with Crippen LogP contribution in [0, 0.1) is 11.3 Å². The van der Waals surface area contributed by atoms with E-state index in [0.29, 0.717) is 29.4 Å². The molecule has 0 bridgehead atoms. The monoisotopic (exact) mass is 333 g/mol. The Bertz CT molecular complexity index is 729. The molecule has 0 unspecified atom stereocenters. The normalized spacial score (nSPS) is 15.9. The Morgan fingerprint density at radius 1 is 1.27 bits per heavy atom. The summed E-state index contributed by atoms with van der Waals surface area (Å²) in [6.45, 7) is 3.79. The van der Waals surface area contributed by atoms with Crippen LogP contribution in [0.1, 0.15) is 16.1 Å². The molecule has 0 radical (unpaired) electrons. The summed E-state index contributed by atoms with van der Waals surface area (Å²) in [7, 11) is 0. The summed E-state index contributed by atoms with van der Waals surface area (Å²) < 4.78 is 1.04. The van der Waals surface area contributed by atoms with E-state index in [-0.39, 0.29) is 5.91 Å². The molecular weight excluding hydrogens is 318 g/mol. The van der Waals surface area contributed by atoms with Crippen LogP contribution in [0.15, 0.2) is 24.3 Å². The molecule has 2 heterocycles. The largest absolute Gasteiger partial charge is 0.335 e. The maximum absolute atomic E-state index is 12.7. The lowest BCUT2D eigenvalue weighted by Crippen LogP contribution is -2.48.